The number of hydrogen-bond donors (Lipinski definition) is 0. The predicted molar refractivity (Wildman–Crippen MR) is 95.4 cm³/mol. The maximum Gasteiger partial charge on any atom is 0.337 e. The van der Waals surface area contributed by atoms with Crippen molar-refractivity contribution in [2.24, 2.45) is 5.92 Å². The van der Waals surface area contributed by atoms with E-state index in [0.717, 1.165) is 23.6 Å². The Kier molecular flexibility index (Phi) is 7.41. The average molecular weight is 344 g/mol. The Hall–Kier alpha value is -2.40. The van der Waals surface area contributed by atoms with Gasteiger partial charge in [-0.1, -0.05) is 44.2 Å². The molecule has 0 aliphatic heterocycles. The molecular formula is C20H24O5. The minimum atomic E-state index is -0.553. The van der Waals surface area contributed by atoms with Gasteiger partial charge in [0.15, 0.2) is 0 Å². The Morgan fingerprint density at radius 2 is 1.68 bits per heavy atom. The zero-order valence-corrected chi connectivity index (χ0v) is 14.7. The Morgan fingerprint density at radius 3 is 2.44 bits per heavy atom. The van der Waals surface area contributed by atoms with Crippen molar-refractivity contribution in [3.8, 4) is 5.75 Å². The van der Waals surface area contributed by atoms with Gasteiger partial charge in [-0.2, -0.15) is 0 Å². The zero-order chi connectivity index (χ0) is 18.1. The van der Waals surface area contributed by atoms with E-state index in [4.69, 9.17) is 14.2 Å². The Balaban J connectivity index is 1.67. The molecule has 0 atom stereocenters. The maximum absolute atomic E-state index is 11.8. The topological polar surface area (TPSA) is 61.8 Å². The van der Waals surface area contributed by atoms with Crippen LogP contribution in [0.5, 0.6) is 5.75 Å². The molecule has 0 amide bonds. The summed E-state index contributed by atoms with van der Waals surface area (Å²) < 4.78 is 15.3. The number of fused-ring (bicyclic) bond motifs is 1. The van der Waals surface area contributed by atoms with Gasteiger partial charge in [0, 0.05) is 0 Å². The predicted octanol–water partition coefficient (Wildman–Crippen LogP) is 3.74. The standard InChI is InChI=1S/C20H24O5/c1-15(2)6-5-11-24-19(21)13-23-14-20(22)25-18-10-9-16-7-3-4-8-17(16)12-18/h3-4,7-10,12,15H,5-6,11,13-14H2,1-2H3. The van der Waals surface area contributed by atoms with Crippen LogP contribution in [0.4, 0.5) is 0 Å². The van der Waals surface area contributed by atoms with Crippen molar-refractivity contribution in [2.45, 2.75) is 26.7 Å². The summed E-state index contributed by atoms with van der Waals surface area (Å²) in [5.74, 6) is 0.00791. The highest BCUT2D eigenvalue weighted by Crippen LogP contribution is 2.20. The van der Waals surface area contributed by atoms with Crippen LogP contribution in [0, 0.1) is 5.92 Å². The summed E-state index contributed by atoms with van der Waals surface area (Å²) in [6.45, 7) is 4.06. The fourth-order valence-corrected chi connectivity index (χ4v) is 2.33. The highest BCUT2D eigenvalue weighted by molar-refractivity contribution is 5.84. The van der Waals surface area contributed by atoms with Gasteiger partial charge in [-0.15, -0.1) is 0 Å². The van der Waals surface area contributed by atoms with E-state index in [1.54, 1.807) is 12.1 Å². The van der Waals surface area contributed by atoms with Crippen molar-refractivity contribution in [1.29, 1.82) is 0 Å². The van der Waals surface area contributed by atoms with Crippen LogP contribution in [0.15, 0.2) is 42.5 Å². The van der Waals surface area contributed by atoms with E-state index in [-0.39, 0.29) is 13.2 Å². The van der Waals surface area contributed by atoms with Gasteiger partial charge in [-0.3, -0.25) is 0 Å². The van der Waals surface area contributed by atoms with Crippen molar-refractivity contribution in [3.63, 3.8) is 0 Å². The van der Waals surface area contributed by atoms with E-state index in [0.29, 0.717) is 18.3 Å². The first-order valence-electron chi connectivity index (χ1n) is 8.47. The van der Waals surface area contributed by atoms with Gasteiger partial charge >= 0.3 is 11.9 Å². The molecule has 0 aromatic heterocycles. The number of ether oxygens (including phenoxy) is 3. The molecule has 5 heteroatoms. The fourth-order valence-electron chi connectivity index (χ4n) is 2.33. The summed E-state index contributed by atoms with van der Waals surface area (Å²) >= 11 is 0. The third kappa shape index (κ3) is 6.93. The van der Waals surface area contributed by atoms with E-state index in [9.17, 15) is 9.59 Å². The molecule has 2 aromatic rings. The second-order valence-corrected chi connectivity index (χ2v) is 6.23. The molecule has 134 valence electrons. The van der Waals surface area contributed by atoms with Gasteiger partial charge in [0.05, 0.1) is 6.61 Å². The lowest BCUT2D eigenvalue weighted by molar-refractivity contribution is -0.152. The molecule has 0 unspecified atom stereocenters. The van der Waals surface area contributed by atoms with Crippen LogP contribution < -0.4 is 4.74 Å². The van der Waals surface area contributed by atoms with Crippen LogP contribution in [0.1, 0.15) is 26.7 Å². The molecular weight excluding hydrogens is 320 g/mol. The first-order valence-corrected chi connectivity index (χ1v) is 8.47. The minimum absolute atomic E-state index is 0.255. The molecule has 0 saturated heterocycles. The second kappa shape index (κ2) is 9.79. The molecule has 0 fully saturated rings. The molecule has 2 rings (SSSR count). The molecule has 0 bridgehead atoms. The van der Waals surface area contributed by atoms with Crippen LogP contribution >= 0.6 is 0 Å². The molecule has 2 aromatic carbocycles. The Bertz CT molecular complexity index is 708. The smallest absolute Gasteiger partial charge is 0.337 e. The minimum Gasteiger partial charge on any atom is -0.464 e. The SMILES string of the molecule is CC(C)CCCOC(=O)COCC(=O)Oc1ccc2ccccc2c1. The van der Waals surface area contributed by atoms with Crippen LogP contribution in [-0.2, 0) is 19.1 Å². The number of rotatable bonds is 9. The second-order valence-electron chi connectivity index (χ2n) is 6.23. The van der Waals surface area contributed by atoms with Gasteiger partial charge in [-0.05, 0) is 41.7 Å². The van der Waals surface area contributed by atoms with Crippen molar-refractivity contribution >= 4 is 22.7 Å². The maximum atomic E-state index is 11.8. The first kappa shape index (κ1) is 18.9. The lowest BCUT2D eigenvalue weighted by atomic mass is 10.1. The molecule has 5 nitrogen and oxygen atoms in total. The van der Waals surface area contributed by atoms with Crippen LogP contribution in [-0.4, -0.2) is 31.8 Å². The van der Waals surface area contributed by atoms with Gasteiger partial charge in [-0.25, -0.2) is 9.59 Å². The zero-order valence-electron chi connectivity index (χ0n) is 14.7. The van der Waals surface area contributed by atoms with E-state index >= 15 is 0 Å². The van der Waals surface area contributed by atoms with Gasteiger partial charge in [0.25, 0.3) is 0 Å². The molecule has 0 heterocycles. The lowest BCUT2D eigenvalue weighted by Crippen LogP contribution is -2.20. The summed E-state index contributed by atoms with van der Waals surface area (Å²) in [7, 11) is 0. The van der Waals surface area contributed by atoms with E-state index in [2.05, 4.69) is 13.8 Å². The third-order valence-corrected chi connectivity index (χ3v) is 3.58. The Labute approximate surface area is 147 Å². The molecule has 0 spiro atoms. The van der Waals surface area contributed by atoms with E-state index in [1.807, 2.05) is 30.3 Å². The lowest BCUT2D eigenvalue weighted by Gasteiger charge is -2.08. The highest BCUT2D eigenvalue weighted by Gasteiger charge is 2.09. The van der Waals surface area contributed by atoms with Crippen molar-refractivity contribution < 1.29 is 23.8 Å². The Morgan fingerprint density at radius 1 is 0.960 bits per heavy atom. The first-order chi connectivity index (χ1) is 12.0. The highest BCUT2D eigenvalue weighted by atomic mass is 16.6. The molecule has 0 radical (unpaired) electrons. The van der Waals surface area contributed by atoms with Crippen LogP contribution in [0.3, 0.4) is 0 Å². The van der Waals surface area contributed by atoms with Crippen LogP contribution in [0.2, 0.25) is 0 Å². The third-order valence-electron chi connectivity index (χ3n) is 3.58. The molecule has 0 aliphatic carbocycles. The van der Waals surface area contributed by atoms with Crippen molar-refractivity contribution in [2.75, 3.05) is 19.8 Å². The summed E-state index contributed by atoms with van der Waals surface area (Å²) in [5.41, 5.74) is 0. The van der Waals surface area contributed by atoms with Gasteiger partial charge in [0.1, 0.15) is 19.0 Å². The van der Waals surface area contributed by atoms with Crippen LogP contribution in [0.25, 0.3) is 10.8 Å². The quantitative estimate of drug-likeness (QED) is 0.394. The van der Waals surface area contributed by atoms with Crippen molar-refractivity contribution in [1.82, 2.24) is 0 Å². The van der Waals surface area contributed by atoms with E-state index in [1.165, 1.54) is 0 Å². The summed E-state index contributed by atoms with van der Waals surface area (Å²) in [6.07, 6.45) is 1.83. The normalized spacial score (nSPS) is 10.8. The number of carbonyl (C=O) groups excluding carboxylic acids is 2. The molecule has 0 aliphatic rings. The van der Waals surface area contributed by atoms with E-state index < -0.39 is 11.9 Å². The average Bonchev–Trinajstić information content (AvgIpc) is 2.58. The monoisotopic (exact) mass is 344 g/mol. The molecule has 0 saturated carbocycles. The number of esters is 2. The number of carbonyl (C=O) groups is 2. The van der Waals surface area contributed by atoms with Gasteiger partial charge < -0.3 is 14.2 Å². The largest absolute Gasteiger partial charge is 0.464 e. The van der Waals surface area contributed by atoms with Crippen molar-refractivity contribution in [3.05, 3.63) is 42.5 Å². The summed E-state index contributed by atoms with van der Waals surface area (Å²) in [6, 6.07) is 13.2. The molecule has 0 N–H and O–H groups in total. The molecule has 25 heavy (non-hydrogen) atoms. The number of benzene rings is 2. The van der Waals surface area contributed by atoms with Gasteiger partial charge in [0.2, 0.25) is 0 Å². The summed E-state index contributed by atoms with van der Waals surface area (Å²) in [5, 5.41) is 2.05. The fraction of sp³-hybridized carbons (Fsp3) is 0.400. The number of hydrogen-bond acceptors (Lipinski definition) is 5. The summed E-state index contributed by atoms with van der Waals surface area (Å²) in [4.78, 5) is 23.2.